The maximum absolute atomic E-state index is 12.8. The molecule has 0 atom stereocenters. The number of nitrogens with zero attached hydrogens (tertiary/aromatic N) is 1. The number of sulfonamides is 1. The smallest absolute Gasteiger partial charge is 0.343 e. The molecule has 0 aliphatic carbocycles. The summed E-state index contributed by atoms with van der Waals surface area (Å²) < 4.78 is 43.7. The second-order valence-corrected chi connectivity index (χ2v) is 10.9. The number of ether oxygens (including phenoxy) is 2. The lowest BCUT2D eigenvalue weighted by Gasteiger charge is -2.25. The third-order valence-corrected chi connectivity index (χ3v) is 8.17. The van der Waals surface area contributed by atoms with Crippen molar-refractivity contribution in [2.75, 3.05) is 13.1 Å². The predicted octanol–water partition coefficient (Wildman–Crippen LogP) is 5.63. The van der Waals surface area contributed by atoms with Crippen molar-refractivity contribution < 1.29 is 27.1 Å². The number of rotatable bonds is 6. The van der Waals surface area contributed by atoms with E-state index in [-0.39, 0.29) is 38.4 Å². The van der Waals surface area contributed by atoms with Gasteiger partial charge in [0, 0.05) is 24.2 Å². The molecule has 1 aromatic heterocycles. The molecule has 1 aliphatic heterocycles. The maximum Gasteiger partial charge on any atom is 0.343 e. The highest BCUT2D eigenvalue weighted by atomic mass is 35.5. The highest BCUT2D eigenvalue weighted by Crippen LogP contribution is 2.26. The molecule has 0 spiro atoms. The van der Waals surface area contributed by atoms with Crippen LogP contribution >= 0.6 is 11.6 Å². The number of benzene rings is 3. The molecule has 2 heterocycles. The Morgan fingerprint density at radius 2 is 1.57 bits per heavy atom. The summed E-state index contributed by atoms with van der Waals surface area (Å²) in [7, 11) is -3.59. The molecular weight excluding hydrogens is 518 g/mol. The summed E-state index contributed by atoms with van der Waals surface area (Å²) >= 11 is 5.87. The van der Waals surface area contributed by atoms with Gasteiger partial charge in [0.2, 0.25) is 21.2 Å². The number of fused-ring (bicyclic) bond motifs is 1. The summed E-state index contributed by atoms with van der Waals surface area (Å²) in [5.41, 5.74) is 0.00663. The fourth-order valence-corrected chi connectivity index (χ4v) is 5.68. The highest BCUT2D eigenvalue weighted by Gasteiger charge is 2.26. The molecule has 4 aromatic rings. The van der Waals surface area contributed by atoms with Gasteiger partial charge in [0.25, 0.3) is 0 Å². The summed E-state index contributed by atoms with van der Waals surface area (Å²) in [6.07, 6.45) is 3.89. The second-order valence-electron chi connectivity index (χ2n) is 8.52. The average Bonchev–Trinajstić information content (AvgIpc) is 2.92. The monoisotopic (exact) mass is 539 g/mol. The zero-order valence-electron chi connectivity index (χ0n) is 19.6. The molecule has 1 saturated heterocycles. The molecule has 1 fully saturated rings. The van der Waals surface area contributed by atoms with Crippen molar-refractivity contribution in [1.29, 1.82) is 0 Å². The standard InChI is InChI=1S/C27H22ClNO7S/c28-19-6-8-20(9-7-19)35-25-17-34-24-16-21(10-13-23(24)26(25)30)36-27(31)18-4-11-22(12-5-18)37(32,33)29-14-2-1-3-15-29/h4-13,16-17H,1-3,14-15H2. The van der Waals surface area contributed by atoms with Gasteiger partial charge in [-0.1, -0.05) is 18.0 Å². The number of carbonyl (C=O) groups excluding carboxylic acids is 1. The second kappa shape index (κ2) is 10.4. The molecule has 1 aliphatic rings. The van der Waals surface area contributed by atoms with Crippen molar-refractivity contribution in [3.05, 3.63) is 93.8 Å². The predicted molar refractivity (Wildman–Crippen MR) is 138 cm³/mol. The Bertz CT molecular complexity index is 1610. The zero-order chi connectivity index (χ0) is 26.0. The third-order valence-electron chi connectivity index (χ3n) is 6.01. The summed E-state index contributed by atoms with van der Waals surface area (Å²) in [6, 6.07) is 16.6. The average molecular weight is 540 g/mol. The van der Waals surface area contributed by atoms with Gasteiger partial charge in [0.1, 0.15) is 23.3 Å². The van der Waals surface area contributed by atoms with Crippen LogP contribution in [0.5, 0.6) is 17.2 Å². The number of hydrogen-bond acceptors (Lipinski definition) is 7. The van der Waals surface area contributed by atoms with Crippen molar-refractivity contribution in [3.63, 3.8) is 0 Å². The first-order chi connectivity index (χ1) is 17.8. The lowest BCUT2D eigenvalue weighted by molar-refractivity contribution is 0.0734. The molecule has 0 saturated carbocycles. The molecule has 0 unspecified atom stereocenters. The van der Waals surface area contributed by atoms with Crippen LogP contribution in [-0.2, 0) is 10.0 Å². The van der Waals surface area contributed by atoms with Gasteiger partial charge >= 0.3 is 5.97 Å². The Morgan fingerprint density at radius 1 is 0.892 bits per heavy atom. The summed E-state index contributed by atoms with van der Waals surface area (Å²) in [4.78, 5) is 25.6. The van der Waals surface area contributed by atoms with Gasteiger partial charge in [0.15, 0.2) is 0 Å². The molecule has 0 bridgehead atoms. The molecule has 37 heavy (non-hydrogen) atoms. The third kappa shape index (κ3) is 5.39. The van der Waals surface area contributed by atoms with Crippen LogP contribution in [0.3, 0.4) is 0 Å². The fourth-order valence-electron chi connectivity index (χ4n) is 4.04. The van der Waals surface area contributed by atoms with Gasteiger partial charge in [-0.15, -0.1) is 0 Å². The van der Waals surface area contributed by atoms with E-state index in [1.54, 1.807) is 24.3 Å². The number of piperidine rings is 1. The Balaban J connectivity index is 1.30. The SMILES string of the molecule is O=C(Oc1ccc2c(=O)c(Oc3ccc(Cl)cc3)coc2c1)c1ccc(S(=O)(=O)N2CCCCC2)cc1. The van der Waals surface area contributed by atoms with Crippen LogP contribution in [0.2, 0.25) is 5.02 Å². The lowest BCUT2D eigenvalue weighted by atomic mass is 10.2. The van der Waals surface area contributed by atoms with E-state index < -0.39 is 16.0 Å². The van der Waals surface area contributed by atoms with E-state index in [0.29, 0.717) is 23.9 Å². The highest BCUT2D eigenvalue weighted by molar-refractivity contribution is 7.89. The van der Waals surface area contributed by atoms with Crippen LogP contribution < -0.4 is 14.9 Å². The van der Waals surface area contributed by atoms with Crippen LogP contribution in [0.15, 0.2) is 87.1 Å². The van der Waals surface area contributed by atoms with Crippen LogP contribution in [0.25, 0.3) is 11.0 Å². The normalized spacial score (nSPS) is 14.4. The molecule has 5 rings (SSSR count). The molecule has 10 heteroatoms. The number of hydrogen-bond donors (Lipinski definition) is 0. The lowest BCUT2D eigenvalue weighted by Crippen LogP contribution is -2.35. The minimum Gasteiger partial charge on any atom is -0.460 e. The van der Waals surface area contributed by atoms with Crippen molar-refractivity contribution >= 4 is 38.6 Å². The quantitative estimate of drug-likeness (QED) is 0.231. The summed E-state index contributed by atoms with van der Waals surface area (Å²) in [6.45, 7) is 0.998. The molecule has 0 amide bonds. The van der Waals surface area contributed by atoms with Crippen molar-refractivity contribution in [2.45, 2.75) is 24.2 Å². The fraction of sp³-hybridized carbons (Fsp3) is 0.185. The van der Waals surface area contributed by atoms with E-state index in [2.05, 4.69) is 0 Å². The molecule has 0 N–H and O–H groups in total. The van der Waals surface area contributed by atoms with E-state index in [0.717, 1.165) is 19.3 Å². The van der Waals surface area contributed by atoms with Gasteiger partial charge in [-0.25, -0.2) is 13.2 Å². The number of carbonyl (C=O) groups is 1. The number of halogens is 1. The molecular formula is C27H22ClNO7S. The van der Waals surface area contributed by atoms with Gasteiger partial charge < -0.3 is 13.9 Å². The topological polar surface area (TPSA) is 103 Å². The van der Waals surface area contributed by atoms with Gasteiger partial charge in [-0.2, -0.15) is 4.31 Å². The zero-order valence-corrected chi connectivity index (χ0v) is 21.1. The van der Waals surface area contributed by atoms with E-state index in [1.807, 2.05) is 0 Å². The summed E-state index contributed by atoms with van der Waals surface area (Å²) in [5, 5.41) is 0.789. The van der Waals surface area contributed by atoms with Crippen molar-refractivity contribution in [2.24, 2.45) is 0 Å². The van der Waals surface area contributed by atoms with Gasteiger partial charge in [-0.3, -0.25) is 4.79 Å². The molecule has 0 radical (unpaired) electrons. The van der Waals surface area contributed by atoms with E-state index >= 15 is 0 Å². The van der Waals surface area contributed by atoms with E-state index in [4.69, 9.17) is 25.5 Å². The molecule has 3 aromatic carbocycles. The van der Waals surface area contributed by atoms with Crippen molar-refractivity contribution in [1.82, 2.24) is 4.31 Å². The van der Waals surface area contributed by atoms with Gasteiger partial charge in [-0.05, 0) is 73.5 Å². The Hall–Kier alpha value is -3.66. The Kier molecular flexibility index (Phi) is 7.01. The largest absolute Gasteiger partial charge is 0.460 e. The van der Waals surface area contributed by atoms with Gasteiger partial charge in [0.05, 0.1) is 15.8 Å². The minimum atomic E-state index is -3.59. The Labute approximate surface area is 218 Å². The molecule has 190 valence electrons. The van der Waals surface area contributed by atoms with Crippen LogP contribution in [0, 0.1) is 0 Å². The number of esters is 1. The first-order valence-electron chi connectivity index (χ1n) is 11.6. The van der Waals surface area contributed by atoms with Crippen LogP contribution in [-0.4, -0.2) is 31.8 Å². The van der Waals surface area contributed by atoms with Crippen LogP contribution in [0.1, 0.15) is 29.6 Å². The Morgan fingerprint density at radius 3 is 2.27 bits per heavy atom. The van der Waals surface area contributed by atoms with Crippen LogP contribution in [0.4, 0.5) is 0 Å². The molecule has 8 nitrogen and oxygen atoms in total. The first-order valence-corrected chi connectivity index (χ1v) is 13.4. The van der Waals surface area contributed by atoms with Crippen molar-refractivity contribution in [3.8, 4) is 17.2 Å². The summed E-state index contributed by atoms with van der Waals surface area (Å²) in [5.74, 6) is -0.0844. The van der Waals surface area contributed by atoms with E-state index in [9.17, 15) is 18.0 Å². The van der Waals surface area contributed by atoms with E-state index in [1.165, 1.54) is 53.0 Å². The minimum absolute atomic E-state index is 0.000775. The first kappa shape index (κ1) is 25.0. The maximum atomic E-state index is 12.8.